The third kappa shape index (κ3) is 2.63. The lowest BCUT2D eigenvalue weighted by Crippen LogP contribution is -2.00. The Labute approximate surface area is 132 Å². The van der Waals surface area contributed by atoms with E-state index >= 15 is 0 Å². The minimum absolute atomic E-state index is 0.0387. The number of fused-ring (bicyclic) bond motifs is 1. The Bertz CT molecular complexity index is 817. The van der Waals surface area contributed by atoms with E-state index in [1.165, 1.54) is 12.3 Å². The Morgan fingerprint density at radius 1 is 1.19 bits per heavy atom. The SMILES string of the molecule is O=C(O)c1ccc(Nc2c(Cl)cc(Cl)c3c2N=S=N3)cn1. The maximum absolute atomic E-state index is 10.8. The molecular weight excluding hydrogens is 335 g/mol. The number of hydrogen-bond donors (Lipinski definition) is 2. The number of aromatic carboxylic acids is 1. The van der Waals surface area contributed by atoms with Crippen LogP contribution in [0.1, 0.15) is 10.5 Å². The molecule has 6 nitrogen and oxygen atoms in total. The molecule has 1 aliphatic heterocycles. The summed E-state index contributed by atoms with van der Waals surface area (Å²) in [6.45, 7) is 0. The van der Waals surface area contributed by atoms with Crippen molar-refractivity contribution in [1.82, 2.24) is 4.98 Å². The molecule has 2 N–H and O–H groups in total. The first-order valence-electron chi connectivity index (χ1n) is 5.63. The zero-order chi connectivity index (χ0) is 15.0. The van der Waals surface area contributed by atoms with Gasteiger partial charge in [0.1, 0.15) is 17.1 Å². The van der Waals surface area contributed by atoms with Gasteiger partial charge in [0, 0.05) is 0 Å². The van der Waals surface area contributed by atoms with Gasteiger partial charge in [0.05, 0.1) is 39.0 Å². The molecule has 21 heavy (non-hydrogen) atoms. The van der Waals surface area contributed by atoms with Crippen molar-refractivity contribution in [1.29, 1.82) is 0 Å². The number of halogens is 2. The van der Waals surface area contributed by atoms with Gasteiger partial charge in [0.15, 0.2) is 0 Å². The van der Waals surface area contributed by atoms with E-state index in [9.17, 15) is 4.79 Å². The molecule has 1 aromatic heterocycles. The smallest absolute Gasteiger partial charge is 0.354 e. The van der Waals surface area contributed by atoms with Crippen molar-refractivity contribution in [3.63, 3.8) is 0 Å². The number of nitrogens with zero attached hydrogens (tertiary/aromatic N) is 3. The molecule has 0 unspecified atom stereocenters. The first-order chi connectivity index (χ1) is 10.1. The van der Waals surface area contributed by atoms with Crippen molar-refractivity contribution in [3.05, 3.63) is 40.1 Å². The lowest BCUT2D eigenvalue weighted by molar-refractivity contribution is 0.0690. The minimum Gasteiger partial charge on any atom is -0.477 e. The fourth-order valence-corrected chi connectivity index (χ4v) is 2.89. The van der Waals surface area contributed by atoms with E-state index in [1.807, 2.05) is 0 Å². The van der Waals surface area contributed by atoms with Crippen molar-refractivity contribution in [2.75, 3.05) is 5.32 Å². The summed E-state index contributed by atoms with van der Waals surface area (Å²) < 4.78 is 8.27. The van der Waals surface area contributed by atoms with Gasteiger partial charge >= 0.3 is 5.97 Å². The molecule has 0 atom stereocenters. The molecular formula is C12H6Cl2N4O2S. The molecule has 0 saturated heterocycles. The quantitative estimate of drug-likeness (QED) is 0.731. The third-order valence-corrected chi connectivity index (χ3v) is 3.81. The second kappa shape index (κ2) is 5.44. The summed E-state index contributed by atoms with van der Waals surface area (Å²) >= 11 is 13.3. The molecule has 2 heterocycles. The van der Waals surface area contributed by atoms with Crippen LogP contribution in [0.5, 0.6) is 0 Å². The Morgan fingerprint density at radius 2 is 1.95 bits per heavy atom. The van der Waals surface area contributed by atoms with Crippen LogP contribution in [0.3, 0.4) is 0 Å². The summed E-state index contributed by atoms with van der Waals surface area (Å²) in [5, 5.41) is 12.7. The number of carboxylic acid groups (broad SMARTS) is 1. The van der Waals surface area contributed by atoms with Gasteiger partial charge in [-0.1, -0.05) is 23.2 Å². The van der Waals surface area contributed by atoms with Gasteiger partial charge in [-0.2, -0.15) is 8.73 Å². The normalized spacial score (nSPS) is 11.9. The van der Waals surface area contributed by atoms with Crippen LogP contribution in [0.2, 0.25) is 10.0 Å². The lowest BCUT2D eigenvalue weighted by Gasteiger charge is -2.11. The van der Waals surface area contributed by atoms with Crippen molar-refractivity contribution >= 4 is 63.3 Å². The van der Waals surface area contributed by atoms with Gasteiger partial charge in [-0.25, -0.2) is 9.78 Å². The molecule has 0 radical (unpaired) electrons. The Balaban J connectivity index is 1.98. The lowest BCUT2D eigenvalue weighted by atomic mass is 10.2. The molecule has 0 saturated carbocycles. The highest BCUT2D eigenvalue weighted by molar-refractivity contribution is 7.58. The fourth-order valence-electron chi connectivity index (χ4n) is 1.73. The number of pyridine rings is 1. The van der Waals surface area contributed by atoms with Crippen molar-refractivity contribution in [2.24, 2.45) is 8.73 Å². The average Bonchev–Trinajstić information content (AvgIpc) is 2.93. The topological polar surface area (TPSA) is 86.9 Å². The molecule has 0 amide bonds. The number of anilines is 2. The number of nitrogens with one attached hydrogen (secondary N) is 1. The van der Waals surface area contributed by atoms with Crippen LogP contribution in [-0.4, -0.2) is 16.1 Å². The van der Waals surface area contributed by atoms with Crippen LogP contribution in [-0.2, 0) is 11.4 Å². The number of carbonyl (C=O) groups is 1. The highest BCUT2D eigenvalue weighted by atomic mass is 35.5. The number of rotatable bonds is 3. The predicted molar refractivity (Wildman–Crippen MR) is 82.5 cm³/mol. The Morgan fingerprint density at radius 3 is 2.62 bits per heavy atom. The van der Waals surface area contributed by atoms with E-state index < -0.39 is 5.97 Å². The predicted octanol–water partition coefficient (Wildman–Crippen LogP) is 4.56. The van der Waals surface area contributed by atoms with Crippen LogP contribution < -0.4 is 5.32 Å². The second-order valence-corrected chi connectivity index (χ2v) is 5.38. The van der Waals surface area contributed by atoms with E-state index in [-0.39, 0.29) is 5.69 Å². The van der Waals surface area contributed by atoms with Gasteiger partial charge < -0.3 is 10.4 Å². The molecule has 2 aromatic rings. The Hall–Kier alpha value is -1.96. The van der Waals surface area contributed by atoms with Crippen LogP contribution >= 0.6 is 23.2 Å². The van der Waals surface area contributed by atoms with Gasteiger partial charge in [-0.3, -0.25) is 0 Å². The van der Waals surface area contributed by atoms with E-state index in [2.05, 4.69) is 19.0 Å². The molecule has 0 spiro atoms. The molecule has 0 fully saturated rings. The summed E-state index contributed by atoms with van der Waals surface area (Å²) in [7, 11) is 0. The monoisotopic (exact) mass is 340 g/mol. The van der Waals surface area contributed by atoms with Crippen LogP contribution in [0.15, 0.2) is 33.1 Å². The van der Waals surface area contributed by atoms with E-state index in [1.54, 1.807) is 12.1 Å². The molecule has 3 rings (SSSR count). The fraction of sp³-hybridized carbons (Fsp3) is 0. The van der Waals surface area contributed by atoms with Gasteiger partial charge in [-0.05, 0) is 18.2 Å². The molecule has 0 aliphatic carbocycles. The zero-order valence-corrected chi connectivity index (χ0v) is 12.5. The molecule has 106 valence electrons. The molecule has 9 heteroatoms. The van der Waals surface area contributed by atoms with Crippen LogP contribution in [0.4, 0.5) is 22.7 Å². The maximum Gasteiger partial charge on any atom is 0.354 e. The first kappa shape index (κ1) is 14.0. The van der Waals surface area contributed by atoms with Crippen molar-refractivity contribution in [2.45, 2.75) is 0 Å². The van der Waals surface area contributed by atoms with Crippen molar-refractivity contribution in [3.8, 4) is 0 Å². The average molecular weight is 341 g/mol. The Kier molecular flexibility index (Phi) is 3.62. The van der Waals surface area contributed by atoms with Gasteiger partial charge in [0.2, 0.25) is 0 Å². The maximum atomic E-state index is 10.8. The second-order valence-electron chi connectivity index (χ2n) is 4.04. The minimum atomic E-state index is -1.09. The highest BCUT2D eigenvalue weighted by Crippen LogP contribution is 2.48. The number of aromatic nitrogens is 1. The van der Waals surface area contributed by atoms with Gasteiger partial charge in [0.25, 0.3) is 0 Å². The summed E-state index contributed by atoms with van der Waals surface area (Å²) in [5.41, 5.74) is 2.21. The summed E-state index contributed by atoms with van der Waals surface area (Å²) in [6.07, 6.45) is 1.40. The summed E-state index contributed by atoms with van der Waals surface area (Å²) in [6, 6.07) is 4.56. The van der Waals surface area contributed by atoms with Crippen LogP contribution in [0.25, 0.3) is 0 Å². The standard InChI is InChI=1S/C12H6Cl2N4O2S/c13-6-3-7(14)10-11(18-21-17-10)9(6)16-5-1-2-8(12(19)20)15-4-5/h1-4,16H,(H,19,20). The number of carboxylic acids is 1. The zero-order valence-electron chi connectivity index (χ0n) is 10.2. The summed E-state index contributed by atoms with van der Waals surface area (Å²) in [5.74, 6) is -1.09. The summed E-state index contributed by atoms with van der Waals surface area (Å²) in [4.78, 5) is 14.6. The highest BCUT2D eigenvalue weighted by Gasteiger charge is 2.19. The van der Waals surface area contributed by atoms with E-state index in [4.69, 9.17) is 28.3 Å². The van der Waals surface area contributed by atoms with Gasteiger partial charge in [-0.15, -0.1) is 0 Å². The number of benzene rings is 1. The van der Waals surface area contributed by atoms with E-state index in [0.29, 0.717) is 32.8 Å². The van der Waals surface area contributed by atoms with Crippen LogP contribution in [0, 0.1) is 0 Å². The third-order valence-electron chi connectivity index (χ3n) is 2.70. The molecule has 0 bridgehead atoms. The van der Waals surface area contributed by atoms with E-state index in [0.717, 1.165) is 11.4 Å². The molecule has 1 aliphatic rings. The first-order valence-corrected chi connectivity index (χ1v) is 7.11. The molecule has 1 aromatic carbocycles. The number of hydrogen-bond acceptors (Lipinski definition) is 5. The largest absolute Gasteiger partial charge is 0.477 e. The van der Waals surface area contributed by atoms with Crippen molar-refractivity contribution < 1.29 is 9.90 Å².